The van der Waals surface area contributed by atoms with E-state index in [0.717, 1.165) is 82.8 Å². The third-order valence-corrected chi connectivity index (χ3v) is 10.6. The van der Waals surface area contributed by atoms with Crippen LogP contribution in [0.2, 0.25) is 0 Å². The fourth-order valence-electron chi connectivity index (χ4n) is 7.83. The van der Waals surface area contributed by atoms with Gasteiger partial charge in [0.1, 0.15) is 22.3 Å². The van der Waals surface area contributed by atoms with E-state index in [4.69, 9.17) is 23.8 Å². The molecule has 0 spiro atoms. The van der Waals surface area contributed by atoms with Gasteiger partial charge < -0.3 is 8.83 Å². The SMILES string of the molecule is c1ccc(-c2ccc(-c3ccc4oc5cccc(-c6nc(-c7ccccc7)nc(-c7cccc8oc9ccc(-c%10ccccc%10)cc9c78)n6)c5c4c3)cc2)cc1. The minimum Gasteiger partial charge on any atom is -0.456 e. The molecule has 8 aromatic carbocycles. The van der Waals surface area contributed by atoms with Crippen LogP contribution in [0.1, 0.15) is 0 Å². The lowest BCUT2D eigenvalue weighted by Gasteiger charge is -2.10. The Kier molecular flexibility index (Phi) is 7.42. The zero-order valence-corrected chi connectivity index (χ0v) is 30.1. The maximum atomic E-state index is 6.47. The quantitative estimate of drug-likeness (QED) is 0.171. The minimum atomic E-state index is 0.564. The smallest absolute Gasteiger partial charge is 0.164 e. The minimum absolute atomic E-state index is 0.564. The van der Waals surface area contributed by atoms with Gasteiger partial charge in [0.15, 0.2) is 17.5 Å². The van der Waals surface area contributed by atoms with Gasteiger partial charge in [0.2, 0.25) is 0 Å². The third kappa shape index (κ3) is 5.45. The van der Waals surface area contributed by atoms with Crippen molar-refractivity contribution in [1.82, 2.24) is 15.0 Å². The molecular formula is C51H31N3O2. The molecule has 56 heavy (non-hydrogen) atoms. The molecule has 0 amide bonds. The lowest BCUT2D eigenvalue weighted by Crippen LogP contribution is -2.00. The topological polar surface area (TPSA) is 65.0 Å². The van der Waals surface area contributed by atoms with Crippen LogP contribution in [0.5, 0.6) is 0 Å². The van der Waals surface area contributed by atoms with Gasteiger partial charge in [-0.15, -0.1) is 0 Å². The van der Waals surface area contributed by atoms with E-state index < -0.39 is 0 Å². The van der Waals surface area contributed by atoms with E-state index in [1.807, 2.05) is 72.8 Å². The zero-order chi connectivity index (χ0) is 37.0. The molecule has 3 aromatic heterocycles. The summed E-state index contributed by atoms with van der Waals surface area (Å²) in [6.45, 7) is 0. The highest BCUT2D eigenvalue weighted by Crippen LogP contribution is 2.41. The van der Waals surface area contributed by atoms with Crippen molar-refractivity contribution in [3.05, 3.63) is 188 Å². The average molecular weight is 718 g/mol. The predicted molar refractivity (Wildman–Crippen MR) is 227 cm³/mol. The highest BCUT2D eigenvalue weighted by molar-refractivity contribution is 6.14. The summed E-state index contributed by atoms with van der Waals surface area (Å²) in [5, 5.41) is 3.93. The molecule has 0 atom stereocenters. The fourth-order valence-corrected chi connectivity index (χ4v) is 7.83. The molecule has 0 saturated carbocycles. The van der Waals surface area contributed by atoms with Gasteiger partial charge in [0.25, 0.3) is 0 Å². The Bertz CT molecular complexity index is 3220. The van der Waals surface area contributed by atoms with E-state index in [9.17, 15) is 0 Å². The van der Waals surface area contributed by atoms with Crippen LogP contribution in [-0.2, 0) is 0 Å². The second-order valence-electron chi connectivity index (χ2n) is 14.0. The van der Waals surface area contributed by atoms with E-state index in [1.165, 1.54) is 11.1 Å². The first-order chi connectivity index (χ1) is 27.7. The standard InChI is InChI=1S/C51H31N3O2/c1-4-12-32(13-5-1)34-22-24-35(25-23-34)38-27-29-44-42(31-38)48-40(19-11-21-46(48)56-44)51-53-49(36-16-8-3-9-17-36)52-50(54-51)39-18-10-20-45-47(39)41-30-37(26-28-43(41)55-45)33-14-6-2-7-15-33/h1-31H. The van der Waals surface area contributed by atoms with Crippen LogP contribution >= 0.6 is 0 Å². The molecule has 0 saturated heterocycles. The zero-order valence-electron chi connectivity index (χ0n) is 30.1. The number of hydrogen-bond donors (Lipinski definition) is 0. The summed E-state index contributed by atoms with van der Waals surface area (Å²) in [6.07, 6.45) is 0. The lowest BCUT2D eigenvalue weighted by atomic mass is 9.98. The molecule has 0 unspecified atom stereocenters. The summed E-state index contributed by atoms with van der Waals surface area (Å²) in [7, 11) is 0. The van der Waals surface area contributed by atoms with Crippen LogP contribution in [0.15, 0.2) is 197 Å². The van der Waals surface area contributed by atoms with Crippen molar-refractivity contribution in [2.45, 2.75) is 0 Å². The van der Waals surface area contributed by atoms with Gasteiger partial charge >= 0.3 is 0 Å². The van der Waals surface area contributed by atoms with Crippen molar-refractivity contribution in [3.63, 3.8) is 0 Å². The number of aromatic nitrogens is 3. The Labute approximate surface area is 322 Å². The van der Waals surface area contributed by atoms with E-state index in [2.05, 4.69) is 115 Å². The lowest BCUT2D eigenvalue weighted by molar-refractivity contribution is 0.668. The van der Waals surface area contributed by atoms with Gasteiger partial charge in [-0.2, -0.15) is 0 Å². The summed E-state index contributed by atoms with van der Waals surface area (Å²) in [6, 6.07) is 64.6. The van der Waals surface area contributed by atoms with Crippen LogP contribution < -0.4 is 0 Å². The molecule has 0 bridgehead atoms. The largest absolute Gasteiger partial charge is 0.456 e. The van der Waals surface area contributed by atoms with E-state index in [-0.39, 0.29) is 0 Å². The first-order valence-electron chi connectivity index (χ1n) is 18.7. The molecule has 0 N–H and O–H groups in total. The highest BCUT2D eigenvalue weighted by Gasteiger charge is 2.21. The second kappa shape index (κ2) is 13.0. The van der Waals surface area contributed by atoms with E-state index in [1.54, 1.807) is 0 Å². The average Bonchev–Trinajstić information content (AvgIpc) is 3.85. The van der Waals surface area contributed by atoms with Crippen molar-refractivity contribution in [2.24, 2.45) is 0 Å². The molecule has 0 aliphatic heterocycles. The number of furan rings is 2. The van der Waals surface area contributed by atoms with Gasteiger partial charge in [-0.05, 0) is 69.8 Å². The molecule has 3 heterocycles. The molecule has 0 aliphatic rings. The van der Waals surface area contributed by atoms with Crippen molar-refractivity contribution in [1.29, 1.82) is 0 Å². The van der Waals surface area contributed by atoms with Gasteiger partial charge in [-0.25, -0.2) is 15.0 Å². The first kappa shape index (κ1) is 31.9. The van der Waals surface area contributed by atoms with Gasteiger partial charge in [-0.1, -0.05) is 152 Å². The van der Waals surface area contributed by atoms with E-state index >= 15 is 0 Å². The number of hydrogen-bond acceptors (Lipinski definition) is 5. The Morgan fingerprint density at radius 1 is 0.268 bits per heavy atom. The highest BCUT2D eigenvalue weighted by atomic mass is 16.3. The maximum Gasteiger partial charge on any atom is 0.164 e. The number of fused-ring (bicyclic) bond motifs is 6. The molecule has 11 aromatic rings. The Morgan fingerprint density at radius 2 is 0.643 bits per heavy atom. The van der Waals surface area contributed by atoms with Crippen LogP contribution in [0.4, 0.5) is 0 Å². The number of benzene rings is 8. The summed E-state index contributed by atoms with van der Waals surface area (Å²) >= 11 is 0. The van der Waals surface area contributed by atoms with Crippen LogP contribution in [0.3, 0.4) is 0 Å². The summed E-state index contributed by atoms with van der Waals surface area (Å²) in [5.41, 5.74) is 12.7. The molecule has 11 rings (SSSR count). The predicted octanol–water partition coefficient (Wildman–Crippen LogP) is 13.7. The number of nitrogens with zero attached hydrogens (tertiary/aromatic N) is 3. The van der Waals surface area contributed by atoms with Crippen molar-refractivity contribution in [3.8, 4) is 67.5 Å². The van der Waals surface area contributed by atoms with Crippen LogP contribution in [0, 0.1) is 0 Å². The monoisotopic (exact) mass is 717 g/mol. The first-order valence-corrected chi connectivity index (χ1v) is 18.7. The molecule has 0 aliphatic carbocycles. The summed E-state index contributed by atoms with van der Waals surface area (Å²) < 4.78 is 12.9. The Morgan fingerprint density at radius 3 is 1.12 bits per heavy atom. The van der Waals surface area contributed by atoms with Crippen molar-refractivity contribution >= 4 is 43.9 Å². The van der Waals surface area contributed by atoms with Crippen LogP contribution in [0.25, 0.3) is 111 Å². The van der Waals surface area contributed by atoms with Gasteiger partial charge in [-0.3, -0.25) is 0 Å². The molecule has 5 heteroatoms. The third-order valence-electron chi connectivity index (χ3n) is 10.6. The second-order valence-corrected chi connectivity index (χ2v) is 14.0. The molecule has 0 radical (unpaired) electrons. The van der Waals surface area contributed by atoms with E-state index in [0.29, 0.717) is 17.5 Å². The number of rotatable bonds is 6. The molecular weight excluding hydrogens is 687 g/mol. The fraction of sp³-hybridized carbons (Fsp3) is 0. The summed E-state index contributed by atoms with van der Waals surface area (Å²) in [5.74, 6) is 1.72. The molecule has 0 fully saturated rings. The maximum absolute atomic E-state index is 6.47. The van der Waals surface area contributed by atoms with Crippen molar-refractivity contribution in [2.75, 3.05) is 0 Å². The van der Waals surface area contributed by atoms with Gasteiger partial charge in [0.05, 0.1) is 0 Å². The van der Waals surface area contributed by atoms with Crippen LogP contribution in [-0.4, -0.2) is 15.0 Å². The summed E-state index contributed by atoms with van der Waals surface area (Å²) in [4.78, 5) is 15.6. The van der Waals surface area contributed by atoms with Crippen molar-refractivity contribution < 1.29 is 8.83 Å². The normalized spacial score (nSPS) is 11.6. The van der Waals surface area contributed by atoms with Gasteiger partial charge in [0, 0.05) is 38.2 Å². The Hall–Kier alpha value is -7.63. The molecule has 5 nitrogen and oxygen atoms in total. The molecule has 262 valence electrons. The Balaban J connectivity index is 1.10.